The van der Waals surface area contributed by atoms with Gasteiger partial charge in [-0.25, -0.2) is 19.0 Å². The third-order valence-corrected chi connectivity index (χ3v) is 7.22. The van der Waals surface area contributed by atoms with Gasteiger partial charge in [0.25, 0.3) is 5.56 Å². The number of nitrogens with two attached hydrogens (primary N) is 1. The maximum Gasteiger partial charge on any atom is 0.329 e. The summed E-state index contributed by atoms with van der Waals surface area (Å²) >= 11 is 0. The number of aromatic nitrogens is 2. The Labute approximate surface area is 257 Å². The number of primary amides is 1. The predicted molar refractivity (Wildman–Crippen MR) is 166 cm³/mol. The highest BCUT2D eigenvalue weighted by Crippen LogP contribution is 2.15. The van der Waals surface area contributed by atoms with Crippen LogP contribution in [0.2, 0.25) is 0 Å². The van der Waals surface area contributed by atoms with Gasteiger partial charge in [-0.05, 0) is 36.1 Å². The molecule has 4 rings (SSSR count). The molecule has 1 aromatic heterocycles. The first kappa shape index (κ1) is 32.2. The van der Waals surface area contributed by atoms with Crippen molar-refractivity contribution in [1.29, 1.82) is 0 Å². The number of urea groups is 1. The molecule has 13 nitrogen and oxygen atoms in total. The van der Waals surface area contributed by atoms with E-state index in [1.165, 1.54) is 6.07 Å². The van der Waals surface area contributed by atoms with Crippen molar-refractivity contribution in [2.75, 3.05) is 6.54 Å². The van der Waals surface area contributed by atoms with Crippen LogP contribution < -0.4 is 32.9 Å². The second kappa shape index (κ2) is 15.1. The molecular weight excluding hydrogens is 580 g/mol. The summed E-state index contributed by atoms with van der Waals surface area (Å²) in [5.74, 6) is -2.86. The van der Waals surface area contributed by atoms with Gasteiger partial charge in [-0.1, -0.05) is 72.8 Å². The molecule has 7 N–H and O–H groups in total. The number of nitrogens with zero attached hydrogens (tertiary/aromatic N) is 1. The van der Waals surface area contributed by atoms with E-state index in [0.717, 1.165) is 4.57 Å². The minimum absolute atomic E-state index is 0.00494. The first-order valence-electron chi connectivity index (χ1n) is 14.3. The average Bonchev–Trinajstić information content (AvgIpc) is 3.02. The van der Waals surface area contributed by atoms with Gasteiger partial charge in [0.05, 0.1) is 10.9 Å². The first-order chi connectivity index (χ1) is 21.6. The molecule has 234 valence electrons. The number of carboxylic acid groups (broad SMARTS) is 1. The molecule has 0 saturated heterocycles. The smallest absolute Gasteiger partial charge is 0.329 e. The highest BCUT2D eigenvalue weighted by molar-refractivity contribution is 5.92. The molecule has 3 aromatic carbocycles. The number of carboxylic acids is 1. The lowest BCUT2D eigenvalue weighted by Gasteiger charge is -2.25. The number of H-pyrrole nitrogens is 1. The SMILES string of the molecule is NC(=O)NCCC[C@H](NC(=O)[C@H](Cc1ccccc1)NC(=O)[C@@H](Cc1ccccc1)n1c(=O)[nH]c2ccccc2c1=O)C(=O)O. The molecular formula is C32H34N6O7. The van der Waals surface area contributed by atoms with Crippen LogP contribution in [-0.4, -0.2) is 57.1 Å². The second-order valence-electron chi connectivity index (χ2n) is 10.4. The van der Waals surface area contributed by atoms with E-state index in [0.29, 0.717) is 16.6 Å². The molecule has 0 fully saturated rings. The highest BCUT2D eigenvalue weighted by Gasteiger charge is 2.31. The van der Waals surface area contributed by atoms with Crippen LogP contribution >= 0.6 is 0 Å². The van der Waals surface area contributed by atoms with E-state index in [4.69, 9.17) is 5.73 Å². The zero-order valence-electron chi connectivity index (χ0n) is 24.3. The lowest BCUT2D eigenvalue weighted by molar-refractivity contribution is -0.142. The van der Waals surface area contributed by atoms with Crippen LogP contribution in [0, 0.1) is 0 Å². The van der Waals surface area contributed by atoms with Gasteiger partial charge < -0.3 is 31.8 Å². The number of hydrogen-bond donors (Lipinski definition) is 6. The number of rotatable bonds is 14. The number of nitrogens with one attached hydrogen (secondary N) is 4. The fourth-order valence-electron chi connectivity index (χ4n) is 4.97. The summed E-state index contributed by atoms with van der Waals surface area (Å²) in [5.41, 5.74) is 5.23. The molecule has 0 aliphatic rings. The van der Waals surface area contributed by atoms with Crippen LogP contribution in [-0.2, 0) is 27.2 Å². The average molecular weight is 615 g/mol. The van der Waals surface area contributed by atoms with Gasteiger partial charge in [0.15, 0.2) is 0 Å². The molecule has 13 heteroatoms. The zero-order valence-corrected chi connectivity index (χ0v) is 24.3. The van der Waals surface area contributed by atoms with Crippen molar-refractivity contribution in [2.24, 2.45) is 5.73 Å². The third kappa shape index (κ3) is 8.66. The highest BCUT2D eigenvalue weighted by atomic mass is 16.4. The van der Waals surface area contributed by atoms with Gasteiger partial charge in [0, 0.05) is 19.4 Å². The number of aliphatic carboxylic acids is 1. The number of carbonyl (C=O) groups excluding carboxylic acids is 3. The van der Waals surface area contributed by atoms with Crippen molar-refractivity contribution in [2.45, 2.75) is 43.8 Å². The summed E-state index contributed by atoms with van der Waals surface area (Å²) in [6.07, 6.45) is 0.141. The van der Waals surface area contributed by atoms with Crippen LogP contribution in [0.3, 0.4) is 0 Å². The van der Waals surface area contributed by atoms with Crippen molar-refractivity contribution < 1.29 is 24.3 Å². The van der Waals surface area contributed by atoms with Gasteiger partial charge in [0.1, 0.15) is 18.1 Å². The third-order valence-electron chi connectivity index (χ3n) is 7.22. The Bertz CT molecular complexity index is 1770. The Kier molecular flexibility index (Phi) is 10.8. The van der Waals surface area contributed by atoms with Crippen LogP contribution in [0.1, 0.15) is 30.0 Å². The molecule has 45 heavy (non-hydrogen) atoms. The first-order valence-corrected chi connectivity index (χ1v) is 14.3. The van der Waals surface area contributed by atoms with Crippen molar-refractivity contribution in [3.63, 3.8) is 0 Å². The zero-order chi connectivity index (χ0) is 32.3. The van der Waals surface area contributed by atoms with E-state index in [2.05, 4.69) is 20.9 Å². The van der Waals surface area contributed by atoms with Crippen LogP contribution in [0.5, 0.6) is 0 Å². The largest absolute Gasteiger partial charge is 0.480 e. The molecule has 3 atom stereocenters. The normalized spacial score (nSPS) is 12.9. The number of aromatic amines is 1. The van der Waals surface area contributed by atoms with Crippen molar-refractivity contribution in [1.82, 2.24) is 25.5 Å². The Morgan fingerprint density at radius 1 is 0.778 bits per heavy atom. The van der Waals surface area contributed by atoms with E-state index in [-0.39, 0.29) is 37.6 Å². The molecule has 0 aliphatic carbocycles. The Morgan fingerprint density at radius 2 is 1.36 bits per heavy atom. The Balaban J connectivity index is 1.67. The van der Waals surface area contributed by atoms with Crippen molar-refractivity contribution in [3.05, 3.63) is 117 Å². The number of fused-ring (bicyclic) bond motifs is 1. The monoisotopic (exact) mass is 614 g/mol. The molecule has 4 aromatic rings. The number of benzene rings is 3. The molecule has 0 aliphatic heterocycles. The lowest BCUT2D eigenvalue weighted by Crippen LogP contribution is -2.55. The van der Waals surface area contributed by atoms with Gasteiger partial charge in [-0.3, -0.25) is 14.4 Å². The Hall–Kier alpha value is -5.72. The minimum atomic E-state index is -1.35. The van der Waals surface area contributed by atoms with E-state index in [9.17, 15) is 33.9 Å². The summed E-state index contributed by atoms with van der Waals surface area (Å²) < 4.78 is 0.841. The summed E-state index contributed by atoms with van der Waals surface area (Å²) in [6.45, 7) is 0.107. The molecule has 0 saturated carbocycles. The molecule has 4 amide bonds. The maximum atomic E-state index is 14.0. The van der Waals surface area contributed by atoms with E-state index in [1.54, 1.807) is 78.9 Å². The molecule has 0 unspecified atom stereocenters. The molecule has 1 heterocycles. The van der Waals surface area contributed by atoms with Crippen LogP contribution in [0.4, 0.5) is 4.79 Å². The predicted octanol–water partition coefficient (Wildman–Crippen LogP) is 1.22. The van der Waals surface area contributed by atoms with Gasteiger partial charge >= 0.3 is 17.7 Å². The number of hydrogen-bond acceptors (Lipinski definition) is 6. The fourth-order valence-corrected chi connectivity index (χ4v) is 4.97. The lowest BCUT2D eigenvalue weighted by atomic mass is 10.0. The summed E-state index contributed by atoms with van der Waals surface area (Å²) in [7, 11) is 0. The number of amides is 4. The quantitative estimate of drug-likeness (QED) is 0.114. The van der Waals surface area contributed by atoms with Crippen LogP contribution in [0.25, 0.3) is 10.9 Å². The molecule has 0 spiro atoms. The Morgan fingerprint density at radius 3 is 1.98 bits per heavy atom. The van der Waals surface area contributed by atoms with Gasteiger partial charge in [0.2, 0.25) is 11.8 Å². The van der Waals surface area contributed by atoms with Crippen molar-refractivity contribution >= 4 is 34.7 Å². The van der Waals surface area contributed by atoms with E-state index >= 15 is 0 Å². The summed E-state index contributed by atoms with van der Waals surface area (Å²) in [5, 5.41) is 17.5. The van der Waals surface area contributed by atoms with E-state index in [1.807, 2.05) is 0 Å². The second-order valence-corrected chi connectivity index (χ2v) is 10.4. The van der Waals surface area contributed by atoms with Crippen LogP contribution in [0.15, 0.2) is 94.5 Å². The molecule has 0 radical (unpaired) electrons. The minimum Gasteiger partial charge on any atom is -0.480 e. The number of carbonyl (C=O) groups is 4. The van der Waals surface area contributed by atoms with Gasteiger partial charge in [-0.2, -0.15) is 0 Å². The summed E-state index contributed by atoms with van der Waals surface area (Å²) in [6, 6.07) is 19.3. The topological polar surface area (TPSA) is 205 Å². The molecule has 0 bridgehead atoms. The number of para-hydroxylation sites is 1. The van der Waals surface area contributed by atoms with Gasteiger partial charge in [-0.15, -0.1) is 0 Å². The standard InChI is InChI=1S/C32H34N6O7/c33-31(44)34-17-9-16-24(30(42)43)35-27(39)25(18-20-10-3-1-4-11-20)36-28(40)26(19-21-12-5-2-6-13-21)38-29(41)22-14-7-8-15-23(22)37-32(38)45/h1-8,10-15,24-26H,9,16-19H2,(H,35,39)(H,36,40)(H,37,45)(H,42,43)(H3,33,34,44)/t24-,25-,26+/m0/s1. The maximum absolute atomic E-state index is 14.0. The van der Waals surface area contributed by atoms with E-state index < -0.39 is 53.2 Å². The fraction of sp³-hybridized carbons (Fsp3) is 0.250. The summed E-state index contributed by atoms with van der Waals surface area (Å²) in [4.78, 5) is 79.9. The van der Waals surface area contributed by atoms with Crippen molar-refractivity contribution in [3.8, 4) is 0 Å².